The summed E-state index contributed by atoms with van der Waals surface area (Å²) < 4.78 is 8.07. The molecule has 0 aliphatic carbocycles. The second-order valence-corrected chi connectivity index (χ2v) is 6.32. The summed E-state index contributed by atoms with van der Waals surface area (Å²) in [6.45, 7) is 6.43. The van der Waals surface area contributed by atoms with E-state index < -0.39 is 6.10 Å². The number of rotatable bonds is 6. The van der Waals surface area contributed by atoms with E-state index in [9.17, 15) is 4.79 Å². The molecule has 0 spiro atoms. The van der Waals surface area contributed by atoms with Crippen LogP contribution in [0.4, 0.5) is 0 Å². The van der Waals surface area contributed by atoms with E-state index in [0.717, 1.165) is 5.69 Å². The van der Waals surface area contributed by atoms with Crippen LogP contribution in [-0.4, -0.2) is 28.3 Å². The van der Waals surface area contributed by atoms with Crippen molar-refractivity contribution >= 4 is 21.8 Å². The molecule has 1 amide bonds. The van der Waals surface area contributed by atoms with Crippen LogP contribution in [0.5, 0.6) is 5.88 Å². The highest BCUT2D eigenvalue weighted by Crippen LogP contribution is 2.25. The fourth-order valence-corrected chi connectivity index (χ4v) is 2.17. The first-order valence-electron chi connectivity index (χ1n) is 7.22. The monoisotopic (exact) mass is 365 g/mol. The molecule has 1 heterocycles. The minimum Gasteiger partial charge on any atom is -0.463 e. The van der Waals surface area contributed by atoms with E-state index in [1.165, 1.54) is 0 Å². The number of ether oxygens (including phenoxy) is 1. The van der Waals surface area contributed by atoms with Crippen molar-refractivity contribution in [2.24, 2.45) is 5.92 Å². The van der Waals surface area contributed by atoms with Gasteiger partial charge in [-0.15, -0.1) is 5.10 Å². The van der Waals surface area contributed by atoms with Crippen molar-refractivity contribution in [3.8, 4) is 11.6 Å². The maximum absolute atomic E-state index is 12.0. The smallest absolute Gasteiger partial charge is 0.260 e. The summed E-state index contributed by atoms with van der Waals surface area (Å²) >= 11 is 3.41. The van der Waals surface area contributed by atoms with Crippen molar-refractivity contribution in [3.63, 3.8) is 0 Å². The van der Waals surface area contributed by atoms with Gasteiger partial charge in [0.1, 0.15) is 0 Å². The molecule has 0 saturated heterocycles. The van der Waals surface area contributed by atoms with Crippen molar-refractivity contribution in [3.05, 3.63) is 41.0 Å². The number of nitrogens with one attached hydrogen (secondary N) is 1. The Labute approximate surface area is 138 Å². The minimum absolute atomic E-state index is 0.144. The zero-order valence-corrected chi connectivity index (χ0v) is 14.5. The molecule has 1 unspecified atom stereocenters. The summed E-state index contributed by atoms with van der Waals surface area (Å²) in [7, 11) is 0. The number of benzene rings is 1. The average molecular weight is 366 g/mol. The molecule has 1 atom stereocenters. The highest BCUT2D eigenvalue weighted by atomic mass is 79.9. The maximum Gasteiger partial charge on any atom is 0.260 e. The zero-order valence-electron chi connectivity index (χ0n) is 12.9. The Kier molecular flexibility index (Phi) is 5.60. The highest BCUT2D eigenvalue weighted by Gasteiger charge is 2.18. The van der Waals surface area contributed by atoms with Crippen molar-refractivity contribution in [1.82, 2.24) is 15.1 Å². The molecule has 22 heavy (non-hydrogen) atoms. The second-order valence-electron chi connectivity index (χ2n) is 5.46. The molecular weight excluding hydrogens is 346 g/mol. The SMILES string of the molecule is CC(C)CNC(=O)C(C)Oc1nn(-c2ccccc2)cc1Br. The lowest BCUT2D eigenvalue weighted by molar-refractivity contribution is -0.127. The van der Waals surface area contributed by atoms with Gasteiger partial charge in [-0.25, -0.2) is 4.68 Å². The molecule has 1 N–H and O–H groups in total. The van der Waals surface area contributed by atoms with Gasteiger partial charge in [0.2, 0.25) is 5.88 Å². The van der Waals surface area contributed by atoms with Gasteiger partial charge in [-0.1, -0.05) is 32.0 Å². The van der Waals surface area contributed by atoms with Crippen LogP contribution in [0.3, 0.4) is 0 Å². The van der Waals surface area contributed by atoms with Gasteiger partial charge in [-0.05, 0) is 40.9 Å². The van der Waals surface area contributed by atoms with Gasteiger partial charge in [-0.3, -0.25) is 4.79 Å². The predicted molar refractivity (Wildman–Crippen MR) is 89.2 cm³/mol. The topological polar surface area (TPSA) is 56.1 Å². The first kappa shape index (κ1) is 16.5. The molecule has 1 aromatic carbocycles. The van der Waals surface area contributed by atoms with Crippen molar-refractivity contribution in [1.29, 1.82) is 0 Å². The first-order valence-corrected chi connectivity index (χ1v) is 8.01. The molecule has 0 bridgehead atoms. The summed E-state index contributed by atoms with van der Waals surface area (Å²) in [6, 6.07) is 9.71. The Morgan fingerprint density at radius 2 is 2.00 bits per heavy atom. The van der Waals surface area contributed by atoms with Gasteiger partial charge >= 0.3 is 0 Å². The lowest BCUT2D eigenvalue weighted by Gasteiger charge is -2.14. The number of halogens is 1. The number of carbonyl (C=O) groups excluding carboxylic acids is 1. The number of carbonyl (C=O) groups is 1. The fraction of sp³-hybridized carbons (Fsp3) is 0.375. The number of aromatic nitrogens is 2. The van der Waals surface area contributed by atoms with Crippen LogP contribution in [0, 0.1) is 5.92 Å². The Balaban J connectivity index is 2.04. The van der Waals surface area contributed by atoms with E-state index in [1.54, 1.807) is 11.6 Å². The van der Waals surface area contributed by atoms with Crippen LogP contribution < -0.4 is 10.1 Å². The van der Waals surface area contributed by atoms with E-state index in [0.29, 0.717) is 22.8 Å². The molecule has 2 aromatic rings. The third-order valence-corrected chi connectivity index (χ3v) is 3.55. The number of para-hydroxylation sites is 1. The molecule has 2 rings (SSSR count). The van der Waals surface area contributed by atoms with Crippen molar-refractivity contribution in [2.45, 2.75) is 26.9 Å². The fourth-order valence-electron chi connectivity index (χ4n) is 1.80. The minimum atomic E-state index is -0.603. The average Bonchev–Trinajstić information content (AvgIpc) is 2.86. The van der Waals surface area contributed by atoms with Gasteiger partial charge in [-0.2, -0.15) is 0 Å². The quantitative estimate of drug-likeness (QED) is 0.855. The molecule has 5 nitrogen and oxygen atoms in total. The van der Waals surface area contributed by atoms with Gasteiger partial charge < -0.3 is 10.1 Å². The van der Waals surface area contributed by atoms with Crippen LogP contribution >= 0.6 is 15.9 Å². The largest absolute Gasteiger partial charge is 0.463 e. The lowest BCUT2D eigenvalue weighted by Crippen LogP contribution is -2.38. The highest BCUT2D eigenvalue weighted by molar-refractivity contribution is 9.10. The standard InChI is InChI=1S/C16H20BrN3O2/c1-11(2)9-18-15(21)12(3)22-16-14(17)10-20(19-16)13-7-5-4-6-8-13/h4-8,10-12H,9H2,1-3H3,(H,18,21). The van der Waals surface area contributed by atoms with Gasteiger partial charge in [0.15, 0.2) is 6.10 Å². The first-order chi connectivity index (χ1) is 10.5. The summed E-state index contributed by atoms with van der Waals surface area (Å²) in [6.07, 6.45) is 1.21. The summed E-state index contributed by atoms with van der Waals surface area (Å²) in [5.74, 6) is 0.658. The van der Waals surface area contributed by atoms with Gasteiger partial charge in [0, 0.05) is 12.7 Å². The summed E-state index contributed by atoms with van der Waals surface area (Å²) in [4.78, 5) is 12.0. The molecule has 0 aliphatic rings. The van der Waals surface area contributed by atoms with Gasteiger partial charge in [0.25, 0.3) is 5.91 Å². The van der Waals surface area contributed by atoms with Gasteiger partial charge in [0.05, 0.1) is 10.2 Å². The van der Waals surface area contributed by atoms with Crippen LogP contribution in [0.15, 0.2) is 41.0 Å². The van der Waals surface area contributed by atoms with E-state index in [2.05, 4.69) is 26.3 Å². The Morgan fingerprint density at radius 3 is 2.64 bits per heavy atom. The molecule has 0 aliphatic heterocycles. The second kappa shape index (κ2) is 7.45. The summed E-state index contributed by atoms with van der Waals surface area (Å²) in [5.41, 5.74) is 0.926. The Bertz CT molecular complexity index is 626. The van der Waals surface area contributed by atoms with Crippen LogP contribution in [0.2, 0.25) is 0 Å². The van der Waals surface area contributed by atoms with Crippen molar-refractivity contribution < 1.29 is 9.53 Å². The van der Waals surface area contributed by atoms with Crippen LogP contribution in [0.25, 0.3) is 5.69 Å². The van der Waals surface area contributed by atoms with E-state index in [-0.39, 0.29) is 5.91 Å². The van der Waals surface area contributed by atoms with E-state index in [1.807, 2.05) is 50.4 Å². The Morgan fingerprint density at radius 1 is 1.32 bits per heavy atom. The number of hydrogen-bond donors (Lipinski definition) is 1. The number of nitrogens with zero attached hydrogens (tertiary/aromatic N) is 2. The number of hydrogen-bond acceptors (Lipinski definition) is 3. The number of amides is 1. The Hall–Kier alpha value is -1.82. The molecule has 6 heteroatoms. The maximum atomic E-state index is 12.0. The van der Waals surface area contributed by atoms with E-state index in [4.69, 9.17) is 4.74 Å². The third-order valence-electron chi connectivity index (χ3n) is 3.00. The molecule has 0 radical (unpaired) electrons. The normalized spacial score (nSPS) is 12.2. The summed E-state index contributed by atoms with van der Waals surface area (Å²) in [5, 5.41) is 7.21. The molecule has 118 valence electrons. The van der Waals surface area contributed by atoms with Crippen LogP contribution in [0.1, 0.15) is 20.8 Å². The molecular formula is C16H20BrN3O2. The third kappa shape index (κ3) is 4.34. The van der Waals surface area contributed by atoms with E-state index >= 15 is 0 Å². The lowest BCUT2D eigenvalue weighted by atomic mass is 10.2. The molecule has 1 aromatic heterocycles. The molecule has 0 saturated carbocycles. The zero-order chi connectivity index (χ0) is 16.1. The van der Waals surface area contributed by atoms with Crippen LogP contribution in [-0.2, 0) is 4.79 Å². The predicted octanol–water partition coefficient (Wildman–Crippen LogP) is 3.17. The molecule has 0 fully saturated rings. The van der Waals surface area contributed by atoms with Crippen molar-refractivity contribution in [2.75, 3.05) is 6.54 Å².